The standard InChI is InChI=1S/C21H34N4O4.HI/c1-6-28-18(26)8-7-14-23-19(22-5)24-15-13-16-9-11-17(12-10-16)25-20(27)29-21(2,3)4;/h9-12H,6-8,13-15H2,1-5H3,(H,25,27)(H2,22,23,24);1H. The second kappa shape index (κ2) is 14.9. The van der Waals surface area contributed by atoms with Gasteiger partial charge in [0, 0.05) is 32.2 Å². The van der Waals surface area contributed by atoms with E-state index in [4.69, 9.17) is 9.47 Å². The van der Waals surface area contributed by atoms with Crippen LogP contribution in [0.3, 0.4) is 0 Å². The number of rotatable bonds is 9. The van der Waals surface area contributed by atoms with Crippen molar-refractivity contribution in [2.24, 2.45) is 4.99 Å². The molecule has 0 saturated heterocycles. The van der Waals surface area contributed by atoms with Crippen LogP contribution in [0.4, 0.5) is 10.5 Å². The Morgan fingerprint density at radius 2 is 1.70 bits per heavy atom. The third kappa shape index (κ3) is 13.2. The van der Waals surface area contributed by atoms with Crippen molar-refractivity contribution in [2.45, 2.75) is 52.6 Å². The molecule has 0 saturated carbocycles. The van der Waals surface area contributed by atoms with Crippen LogP contribution >= 0.6 is 24.0 Å². The van der Waals surface area contributed by atoms with E-state index in [-0.39, 0.29) is 29.9 Å². The fourth-order valence-corrected chi connectivity index (χ4v) is 2.39. The van der Waals surface area contributed by atoms with Crippen LogP contribution in [0.15, 0.2) is 29.3 Å². The van der Waals surface area contributed by atoms with Gasteiger partial charge in [0.2, 0.25) is 0 Å². The van der Waals surface area contributed by atoms with Gasteiger partial charge in [0.05, 0.1) is 6.61 Å². The number of nitrogens with one attached hydrogen (secondary N) is 3. The predicted molar refractivity (Wildman–Crippen MR) is 131 cm³/mol. The van der Waals surface area contributed by atoms with Crippen LogP contribution in [-0.2, 0) is 20.7 Å². The summed E-state index contributed by atoms with van der Waals surface area (Å²) in [6, 6.07) is 7.62. The Morgan fingerprint density at radius 1 is 1.07 bits per heavy atom. The minimum atomic E-state index is -0.527. The molecule has 0 atom stereocenters. The number of amides is 1. The number of carbonyl (C=O) groups excluding carboxylic acids is 2. The number of nitrogens with zero attached hydrogens (tertiary/aromatic N) is 1. The zero-order valence-corrected chi connectivity index (χ0v) is 20.9. The number of hydrogen-bond acceptors (Lipinski definition) is 5. The molecule has 0 fully saturated rings. The number of guanidine groups is 1. The molecule has 170 valence electrons. The van der Waals surface area contributed by atoms with Gasteiger partial charge in [-0.25, -0.2) is 4.79 Å². The van der Waals surface area contributed by atoms with Gasteiger partial charge in [-0.05, 0) is 58.2 Å². The summed E-state index contributed by atoms with van der Waals surface area (Å²) in [6.45, 7) is 9.03. The predicted octanol–water partition coefficient (Wildman–Crippen LogP) is 3.70. The Labute approximate surface area is 196 Å². The average Bonchev–Trinajstić information content (AvgIpc) is 2.63. The van der Waals surface area contributed by atoms with Gasteiger partial charge in [-0.1, -0.05) is 12.1 Å². The van der Waals surface area contributed by atoms with Crippen molar-refractivity contribution >= 4 is 47.7 Å². The lowest BCUT2D eigenvalue weighted by Gasteiger charge is -2.19. The second-order valence-electron chi connectivity index (χ2n) is 7.41. The maximum absolute atomic E-state index is 11.8. The van der Waals surface area contributed by atoms with E-state index >= 15 is 0 Å². The second-order valence-corrected chi connectivity index (χ2v) is 7.41. The molecule has 1 rings (SSSR count). The highest BCUT2D eigenvalue weighted by molar-refractivity contribution is 14.0. The summed E-state index contributed by atoms with van der Waals surface area (Å²) in [4.78, 5) is 27.3. The zero-order valence-electron chi connectivity index (χ0n) is 18.5. The first kappa shape index (κ1) is 28.0. The molecule has 30 heavy (non-hydrogen) atoms. The highest BCUT2D eigenvalue weighted by Gasteiger charge is 2.16. The molecule has 0 aliphatic carbocycles. The summed E-state index contributed by atoms with van der Waals surface area (Å²) in [6.07, 6.45) is 1.41. The van der Waals surface area contributed by atoms with E-state index in [2.05, 4.69) is 20.9 Å². The van der Waals surface area contributed by atoms with Crippen molar-refractivity contribution in [3.63, 3.8) is 0 Å². The first-order chi connectivity index (χ1) is 13.7. The fraction of sp³-hybridized carbons (Fsp3) is 0.571. The Bertz CT molecular complexity index is 673. The van der Waals surface area contributed by atoms with E-state index in [1.807, 2.05) is 45.0 Å². The third-order valence-corrected chi connectivity index (χ3v) is 3.68. The molecular weight excluding hydrogens is 499 g/mol. The molecule has 0 spiro atoms. The number of esters is 1. The van der Waals surface area contributed by atoms with Gasteiger partial charge in [-0.3, -0.25) is 15.1 Å². The highest BCUT2D eigenvalue weighted by Crippen LogP contribution is 2.13. The Morgan fingerprint density at radius 3 is 2.27 bits per heavy atom. The molecule has 0 bridgehead atoms. The highest BCUT2D eigenvalue weighted by atomic mass is 127. The molecule has 0 unspecified atom stereocenters. The number of halogens is 1. The van der Waals surface area contributed by atoms with E-state index in [0.29, 0.717) is 44.2 Å². The van der Waals surface area contributed by atoms with Crippen molar-refractivity contribution in [2.75, 3.05) is 32.1 Å². The van der Waals surface area contributed by atoms with Crippen LogP contribution in [-0.4, -0.2) is 50.4 Å². The lowest BCUT2D eigenvalue weighted by Crippen LogP contribution is -2.38. The maximum atomic E-state index is 11.8. The molecule has 0 aliphatic heterocycles. The Hall–Kier alpha value is -2.04. The van der Waals surface area contributed by atoms with Gasteiger partial charge in [-0.15, -0.1) is 24.0 Å². The number of benzene rings is 1. The lowest BCUT2D eigenvalue weighted by atomic mass is 10.1. The molecule has 1 aromatic carbocycles. The smallest absolute Gasteiger partial charge is 0.412 e. The molecule has 9 heteroatoms. The molecule has 3 N–H and O–H groups in total. The van der Waals surface area contributed by atoms with Crippen LogP contribution in [0.2, 0.25) is 0 Å². The first-order valence-electron chi connectivity index (χ1n) is 9.92. The van der Waals surface area contributed by atoms with Gasteiger partial charge in [0.25, 0.3) is 0 Å². The van der Waals surface area contributed by atoms with Gasteiger partial charge in [0.15, 0.2) is 5.96 Å². The van der Waals surface area contributed by atoms with Gasteiger partial charge >= 0.3 is 12.1 Å². The minimum absolute atomic E-state index is 0. The number of anilines is 1. The van der Waals surface area contributed by atoms with Gasteiger partial charge in [0.1, 0.15) is 5.60 Å². The normalized spacial score (nSPS) is 11.2. The largest absolute Gasteiger partial charge is 0.466 e. The van der Waals surface area contributed by atoms with E-state index in [1.54, 1.807) is 14.0 Å². The zero-order chi connectivity index (χ0) is 21.7. The van der Waals surface area contributed by atoms with E-state index < -0.39 is 11.7 Å². The molecule has 8 nitrogen and oxygen atoms in total. The molecule has 0 aromatic heterocycles. The quantitative estimate of drug-likeness (QED) is 0.147. The number of hydrogen-bond donors (Lipinski definition) is 3. The first-order valence-corrected chi connectivity index (χ1v) is 9.92. The van der Waals surface area contributed by atoms with Crippen LogP contribution in [0.5, 0.6) is 0 Å². The minimum Gasteiger partial charge on any atom is -0.466 e. The summed E-state index contributed by atoms with van der Waals surface area (Å²) >= 11 is 0. The van der Waals surface area contributed by atoms with Crippen molar-refractivity contribution in [3.8, 4) is 0 Å². The van der Waals surface area contributed by atoms with Crippen LogP contribution in [0.25, 0.3) is 0 Å². The average molecular weight is 534 g/mol. The molecular formula is C21H35IN4O4. The molecule has 1 amide bonds. The van der Waals surface area contributed by atoms with E-state index in [9.17, 15) is 9.59 Å². The lowest BCUT2D eigenvalue weighted by molar-refractivity contribution is -0.143. The SMILES string of the molecule is CCOC(=O)CCCNC(=NC)NCCc1ccc(NC(=O)OC(C)(C)C)cc1.I. The van der Waals surface area contributed by atoms with Crippen molar-refractivity contribution in [3.05, 3.63) is 29.8 Å². The molecule has 0 heterocycles. The number of aliphatic imine (C=N–C) groups is 1. The molecule has 0 radical (unpaired) electrons. The summed E-state index contributed by atoms with van der Waals surface area (Å²) < 4.78 is 10.1. The van der Waals surface area contributed by atoms with Gasteiger partial charge < -0.3 is 20.1 Å². The third-order valence-electron chi connectivity index (χ3n) is 3.68. The van der Waals surface area contributed by atoms with Crippen LogP contribution < -0.4 is 16.0 Å². The topological polar surface area (TPSA) is 101 Å². The fourth-order valence-electron chi connectivity index (χ4n) is 2.39. The number of carbonyl (C=O) groups is 2. The van der Waals surface area contributed by atoms with E-state index in [1.165, 1.54) is 0 Å². The van der Waals surface area contributed by atoms with E-state index in [0.717, 1.165) is 12.0 Å². The van der Waals surface area contributed by atoms with Crippen molar-refractivity contribution < 1.29 is 19.1 Å². The summed E-state index contributed by atoms with van der Waals surface area (Å²) in [5.74, 6) is 0.513. The Balaban J connectivity index is 0.00000841. The van der Waals surface area contributed by atoms with Gasteiger partial charge in [-0.2, -0.15) is 0 Å². The number of ether oxygens (including phenoxy) is 2. The van der Waals surface area contributed by atoms with Crippen molar-refractivity contribution in [1.82, 2.24) is 10.6 Å². The van der Waals surface area contributed by atoms with Crippen molar-refractivity contribution in [1.29, 1.82) is 0 Å². The Kier molecular flexibility index (Phi) is 13.9. The summed E-state index contributed by atoms with van der Waals surface area (Å²) in [5, 5.41) is 9.12. The molecule has 1 aromatic rings. The molecule has 0 aliphatic rings. The monoisotopic (exact) mass is 534 g/mol. The van der Waals surface area contributed by atoms with Crippen LogP contribution in [0, 0.1) is 0 Å². The maximum Gasteiger partial charge on any atom is 0.412 e. The summed E-state index contributed by atoms with van der Waals surface area (Å²) in [7, 11) is 1.71. The summed E-state index contributed by atoms with van der Waals surface area (Å²) in [5.41, 5.74) is 1.29. The van der Waals surface area contributed by atoms with Crippen LogP contribution in [0.1, 0.15) is 46.1 Å².